The van der Waals surface area contributed by atoms with Crippen LogP contribution in [0.5, 0.6) is 0 Å². The number of aromatic nitrogens is 6. The first-order valence-corrected chi connectivity index (χ1v) is 12.0. The van der Waals surface area contributed by atoms with Gasteiger partial charge in [-0.05, 0) is 41.3 Å². The summed E-state index contributed by atoms with van der Waals surface area (Å²) in [6, 6.07) is 9.82. The van der Waals surface area contributed by atoms with Crippen molar-refractivity contribution in [2.24, 2.45) is 0 Å². The van der Waals surface area contributed by atoms with Crippen LogP contribution in [-0.2, 0) is 12.0 Å². The molecule has 0 spiro atoms. The molecule has 1 aromatic carbocycles. The summed E-state index contributed by atoms with van der Waals surface area (Å²) in [5.41, 5.74) is 0.142. The number of aliphatic hydroxyl groups excluding tert-OH is 1. The molecule has 4 N–H and O–H groups in total. The van der Waals surface area contributed by atoms with E-state index in [2.05, 4.69) is 35.9 Å². The summed E-state index contributed by atoms with van der Waals surface area (Å²) >= 11 is 0. The van der Waals surface area contributed by atoms with Crippen LogP contribution in [0, 0.1) is 5.82 Å². The molecular weight excluding hydrogens is 503 g/mol. The van der Waals surface area contributed by atoms with Gasteiger partial charge in [0.25, 0.3) is 11.5 Å². The molecule has 5 aromatic rings. The second kappa shape index (κ2) is 10.1. The molecule has 0 saturated heterocycles. The normalized spacial score (nSPS) is 11.5. The van der Waals surface area contributed by atoms with Crippen LogP contribution in [-0.4, -0.2) is 41.0 Å². The zero-order valence-electron chi connectivity index (χ0n) is 21.4. The second-order valence-corrected chi connectivity index (χ2v) is 9.81. The molecular formula is C27H25FN8O3. The average Bonchev–Trinajstić information content (AvgIpc) is 3.37. The highest BCUT2D eigenvalue weighted by atomic mass is 19.1. The molecule has 198 valence electrons. The lowest BCUT2D eigenvalue weighted by Gasteiger charge is -2.20. The van der Waals surface area contributed by atoms with Gasteiger partial charge in [-0.2, -0.15) is 14.9 Å². The van der Waals surface area contributed by atoms with Gasteiger partial charge in [-0.1, -0.05) is 26.8 Å². The predicted octanol–water partition coefficient (Wildman–Crippen LogP) is 3.82. The number of halogens is 1. The number of fused-ring (bicyclic) bond motifs is 1. The fourth-order valence-corrected chi connectivity index (χ4v) is 4.06. The Labute approximate surface area is 221 Å². The van der Waals surface area contributed by atoms with Crippen molar-refractivity contribution < 1.29 is 14.3 Å². The van der Waals surface area contributed by atoms with Gasteiger partial charge in [0, 0.05) is 23.3 Å². The predicted molar refractivity (Wildman–Crippen MR) is 144 cm³/mol. The Morgan fingerprint density at radius 3 is 2.67 bits per heavy atom. The monoisotopic (exact) mass is 528 g/mol. The Kier molecular flexibility index (Phi) is 6.62. The first kappa shape index (κ1) is 25.7. The number of benzene rings is 1. The number of nitrogens with zero attached hydrogens (tertiary/aromatic N) is 5. The molecule has 0 radical (unpaired) electrons. The second-order valence-electron chi connectivity index (χ2n) is 9.81. The van der Waals surface area contributed by atoms with Gasteiger partial charge >= 0.3 is 0 Å². The number of nitrogens with one attached hydrogen (secondary N) is 3. The van der Waals surface area contributed by atoms with E-state index in [4.69, 9.17) is 0 Å². The maximum absolute atomic E-state index is 15.1. The molecule has 12 heteroatoms. The molecule has 5 rings (SSSR count). The summed E-state index contributed by atoms with van der Waals surface area (Å²) in [6.07, 6.45) is 5.67. The first-order valence-electron chi connectivity index (χ1n) is 12.0. The molecule has 4 heterocycles. The average molecular weight is 529 g/mol. The number of hydrogen-bond acceptors (Lipinski definition) is 8. The highest BCUT2D eigenvalue weighted by Crippen LogP contribution is 2.28. The fourth-order valence-electron chi connectivity index (χ4n) is 4.06. The van der Waals surface area contributed by atoms with Gasteiger partial charge in [0.15, 0.2) is 5.82 Å². The van der Waals surface area contributed by atoms with Crippen molar-refractivity contribution in [3.05, 3.63) is 94.0 Å². The molecule has 0 aliphatic heterocycles. The zero-order chi connectivity index (χ0) is 27.7. The maximum Gasteiger partial charge on any atom is 0.283 e. The lowest BCUT2D eigenvalue weighted by atomic mass is 9.86. The summed E-state index contributed by atoms with van der Waals surface area (Å²) in [4.78, 5) is 34.8. The molecule has 1 amide bonds. The topological polar surface area (TPSA) is 151 Å². The van der Waals surface area contributed by atoms with E-state index in [1.807, 2.05) is 20.8 Å². The van der Waals surface area contributed by atoms with Crippen molar-refractivity contribution in [2.45, 2.75) is 32.8 Å². The van der Waals surface area contributed by atoms with Crippen LogP contribution in [0.25, 0.3) is 16.6 Å². The van der Waals surface area contributed by atoms with Crippen LogP contribution < -0.4 is 16.2 Å². The number of amides is 1. The Balaban J connectivity index is 1.51. The number of hydrogen-bond donors (Lipinski definition) is 4. The summed E-state index contributed by atoms with van der Waals surface area (Å²) in [5.74, 6) is -0.458. The number of rotatable bonds is 6. The van der Waals surface area contributed by atoms with Gasteiger partial charge in [-0.15, -0.1) is 0 Å². The van der Waals surface area contributed by atoms with Crippen molar-refractivity contribution in [1.82, 2.24) is 29.9 Å². The number of aromatic amines is 1. The molecule has 0 fully saturated rings. The Morgan fingerprint density at radius 2 is 1.95 bits per heavy atom. The molecule has 11 nitrogen and oxygen atoms in total. The van der Waals surface area contributed by atoms with E-state index in [0.29, 0.717) is 17.0 Å². The van der Waals surface area contributed by atoms with Crippen LogP contribution in [0.15, 0.2) is 66.0 Å². The Bertz CT molecular complexity index is 1740. The zero-order valence-corrected chi connectivity index (χ0v) is 21.4. The van der Waals surface area contributed by atoms with Crippen LogP contribution in [0.2, 0.25) is 0 Å². The Hall–Kier alpha value is -4.97. The fraction of sp³-hybridized carbons (Fsp3) is 0.185. The number of aliphatic hydroxyl groups is 1. The van der Waals surface area contributed by atoms with Gasteiger partial charge in [0.2, 0.25) is 0 Å². The van der Waals surface area contributed by atoms with Gasteiger partial charge in [0.1, 0.15) is 23.0 Å². The third kappa shape index (κ3) is 4.97. The molecule has 0 unspecified atom stereocenters. The minimum atomic E-state index is -0.743. The highest BCUT2D eigenvalue weighted by molar-refractivity contribution is 6.08. The minimum Gasteiger partial charge on any atom is -0.391 e. The van der Waals surface area contributed by atoms with Crippen LogP contribution in [0.3, 0.4) is 0 Å². The standard InChI is InChI=1S/C27H25FN8O3/c1-27(2,3)16-10-15-12-32-36(26(39)22(15)19(28)11-16)24-18(14-37)20(7-9-30-24)33-25(38)17-13-31-35-23(17)34-21-6-4-5-8-29-21/h4-13,37H,14H2,1-3H3,(H,30,33,38)(H2,29,31,34,35). The summed E-state index contributed by atoms with van der Waals surface area (Å²) in [6.45, 7) is 5.25. The quantitative estimate of drug-likeness (QED) is 0.260. The highest BCUT2D eigenvalue weighted by Gasteiger charge is 2.22. The molecule has 0 aliphatic rings. The van der Waals surface area contributed by atoms with E-state index in [1.54, 1.807) is 30.5 Å². The van der Waals surface area contributed by atoms with Gasteiger partial charge in [0.05, 0.1) is 30.1 Å². The smallest absolute Gasteiger partial charge is 0.283 e. The lowest BCUT2D eigenvalue weighted by Crippen LogP contribution is -2.25. The maximum atomic E-state index is 15.1. The van der Waals surface area contributed by atoms with Crippen molar-refractivity contribution in [3.8, 4) is 5.82 Å². The third-order valence-corrected chi connectivity index (χ3v) is 6.15. The van der Waals surface area contributed by atoms with Gasteiger partial charge < -0.3 is 15.7 Å². The molecule has 0 aliphatic carbocycles. The minimum absolute atomic E-state index is 0.0412. The van der Waals surface area contributed by atoms with E-state index in [1.165, 1.54) is 30.7 Å². The summed E-state index contributed by atoms with van der Waals surface area (Å²) < 4.78 is 16.0. The summed E-state index contributed by atoms with van der Waals surface area (Å²) in [5, 5.41) is 26.9. The van der Waals surface area contributed by atoms with E-state index in [9.17, 15) is 14.7 Å². The van der Waals surface area contributed by atoms with Gasteiger partial charge in [-0.3, -0.25) is 14.7 Å². The first-order chi connectivity index (χ1) is 18.7. The summed E-state index contributed by atoms with van der Waals surface area (Å²) in [7, 11) is 0. The number of anilines is 3. The number of H-pyrrole nitrogens is 1. The van der Waals surface area contributed by atoms with E-state index in [0.717, 1.165) is 10.2 Å². The molecule has 4 aromatic heterocycles. The number of carbonyl (C=O) groups is 1. The van der Waals surface area contributed by atoms with Crippen LogP contribution >= 0.6 is 0 Å². The molecule has 39 heavy (non-hydrogen) atoms. The van der Waals surface area contributed by atoms with Crippen LogP contribution in [0.1, 0.15) is 42.3 Å². The van der Waals surface area contributed by atoms with E-state index >= 15 is 4.39 Å². The third-order valence-electron chi connectivity index (χ3n) is 6.15. The van der Waals surface area contributed by atoms with Crippen LogP contribution in [0.4, 0.5) is 21.7 Å². The number of carbonyl (C=O) groups excluding carboxylic acids is 1. The lowest BCUT2D eigenvalue weighted by molar-refractivity contribution is 0.102. The molecule has 0 saturated carbocycles. The Morgan fingerprint density at radius 1 is 1.13 bits per heavy atom. The van der Waals surface area contributed by atoms with Gasteiger partial charge in [-0.25, -0.2) is 14.4 Å². The molecule has 0 bridgehead atoms. The van der Waals surface area contributed by atoms with E-state index in [-0.39, 0.29) is 33.4 Å². The molecule has 0 atom stereocenters. The van der Waals surface area contributed by atoms with E-state index < -0.39 is 23.9 Å². The van der Waals surface area contributed by atoms with Crippen molar-refractivity contribution in [1.29, 1.82) is 0 Å². The van der Waals surface area contributed by atoms with Crippen molar-refractivity contribution in [3.63, 3.8) is 0 Å². The van der Waals surface area contributed by atoms with Crippen molar-refractivity contribution in [2.75, 3.05) is 10.6 Å². The SMILES string of the molecule is CC(C)(C)c1cc(F)c2c(=O)n(-c3nccc(NC(=O)c4cn[nH]c4Nc4ccccn4)c3CO)ncc2c1. The van der Waals surface area contributed by atoms with Crippen molar-refractivity contribution >= 4 is 34.0 Å². The largest absolute Gasteiger partial charge is 0.391 e. The number of pyridine rings is 2.